The average Bonchev–Trinajstić information content (AvgIpc) is 1.91. The molecule has 0 fully saturated rings. The van der Waals surface area contributed by atoms with Gasteiger partial charge in [-0.05, 0) is 24.8 Å². The molecule has 0 aromatic rings. The normalized spacial score (nSPS) is 22.6. The summed E-state index contributed by atoms with van der Waals surface area (Å²) in [4.78, 5) is 0. The lowest BCUT2D eigenvalue weighted by molar-refractivity contribution is 0.333. The van der Waals surface area contributed by atoms with Gasteiger partial charge in [-0.3, -0.25) is 0 Å². The third kappa shape index (κ3) is 1.92. The second-order valence-electron chi connectivity index (χ2n) is 2.22. The van der Waals surface area contributed by atoms with Gasteiger partial charge in [-0.2, -0.15) is 0 Å². The van der Waals surface area contributed by atoms with Crippen LogP contribution in [0.2, 0.25) is 0 Å². The van der Waals surface area contributed by atoms with Gasteiger partial charge in [-0.15, -0.1) is 0 Å². The Bertz CT molecular complexity index is 134. The van der Waals surface area contributed by atoms with Gasteiger partial charge in [-0.25, -0.2) is 0 Å². The summed E-state index contributed by atoms with van der Waals surface area (Å²) in [6.07, 6.45) is 9.80. The summed E-state index contributed by atoms with van der Waals surface area (Å²) in [5, 5.41) is 0. The van der Waals surface area contributed by atoms with Crippen molar-refractivity contribution in [1.29, 1.82) is 0 Å². The molecule has 1 aliphatic rings. The fraction of sp³-hybridized carbons (Fsp3) is 0.500. The van der Waals surface area contributed by atoms with Gasteiger partial charge >= 0.3 is 0 Å². The monoisotopic (exact) mass is 124 g/mol. The predicted molar refractivity (Wildman–Crippen MR) is 38.1 cm³/mol. The topological polar surface area (TPSA) is 9.23 Å². The molecular formula is C8H12O. The van der Waals surface area contributed by atoms with Crippen LogP contribution in [0.4, 0.5) is 0 Å². The van der Waals surface area contributed by atoms with E-state index in [9.17, 15) is 0 Å². The summed E-state index contributed by atoms with van der Waals surface area (Å²) >= 11 is 0. The van der Waals surface area contributed by atoms with Gasteiger partial charge < -0.3 is 4.74 Å². The Morgan fingerprint density at radius 3 is 3.11 bits per heavy atom. The van der Waals surface area contributed by atoms with E-state index in [0.717, 1.165) is 0 Å². The van der Waals surface area contributed by atoms with Crippen LogP contribution in [-0.2, 0) is 4.74 Å². The zero-order valence-corrected chi connectivity index (χ0v) is 5.76. The Hall–Kier alpha value is -0.720. The van der Waals surface area contributed by atoms with E-state index in [-0.39, 0.29) is 0 Å². The Morgan fingerprint density at radius 1 is 1.67 bits per heavy atom. The smallest absolute Gasteiger partial charge is 0.0856 e. The van der Waals surface area contributed by atoms with Gasteiger partial charge in [0.05, 0.1) is 13.4 Å². The van der Waals surface area contributed by atoms with Crippen LogP contribution in [0.15, 0.2) is 24.0 Å². The number of methoxy groups -OCH3 is 1. The number of allylic oxidation sites excluding steroid dienone is 3. The molecule has 9 heavy (non-hydrogen) atoms. The molecule has 0 N–H and O–H groups in total. The Labute approximate surface area is 56.0 Å². The molecule has 0 aromatic carbocycles. The summed E-state index contributed by atoms with van der Waals surface area (Å²) in [5.74, 6) is 0. The molecule has 1 nitrogen and oxygen atoms in total. The van der Waals surface area contributed by atoms with Crippen LogP contribution in [0.1, 0.15) is 19.3 Å². The highest BCUT2D eigenvalue weighted by Gasteiger charge is 1.96. The standard InChI is InChI=1S/C8H12O/c1-9-7-8-5-3-2-4-6-8/h3,5,7H,2,4,6H2,1H3. The number of ether oxygens (including phenoxy) is 1. The molecule has 0 unspecified atom stereocenters. The molecular weight excluding hydrogens is 112 g/mol. The molecule has 1 heteroatoms. The minimum Gasteiger partial charge on any atom is -0.504 e. The van der Waals surface area contributed by atoms with Gasteiger partial charge in [0.2, 0.25) is 0 Å². The summed E-state index contributed by atoms with van der Waals surface area (Å²) in [7, 11) is 1.69. The molecule has 1 rings (SSSR count). The molecule has 0 saturated carbocycles. The van der Waals surface area contributed by atoms with E-state index in [1.807, 2.05) is 6.26 Å². The van der Waals surface area contributed by atoms with Gasteiger partial charge in [-0.1, -0.05) is 12.2 Å². The molecule has 0 bridgehead atoms. The molecule has 50 valence electrons. The first-order chi connectivity index (χ1) is 4.43. The third-order valence-corrected chi connectivity index (χ3v) is 1.44. The van der Waals surface area contributed by atoms with Gasteiger partial charge in [0, 0.05) is 0 Å². The van der Waals surface area contributed by atoms with Gasteiger partial charge in [0.1, 0.15) is 0 Å². The average molecular weight is 124 g/mol. The molecule has 0 atom stereocenters. The van der Waals surface area contributed by atoms with Crippen LogP contribution in [-0.4, -0.2) is 7.11 Å². The first-order valence-electron chi connectivity index (χ1n) is 3.32. The second-order valence-corrected chi connectivity index (χ2v) is 2.22. The minimum atomic E-state index is 1.17. The van der Waals surface area contributed by atoms with Crippen LogP contribution in [0, 0.1) is 0 Å². The zero-order chi connectivity index (χ0) is 6.53. The fourth-order valence-electron chi connectivity index (χ4n) is 0.992. The minimum absolute atomic E-state index is 1.17. The molecule has 1 aliphatic carbocycles. The Kier molecular flexibility index (Phi) is 2.37. The number of hydrogen-bond donors (Lipinski definition) is 0. The van der Waals surface area contributed by atoms with Crippen molar-refractivity contribution in [2.24, 2.45) is 0 Å². The van der Waals surface area contributed by atoms with Crippen molar-refractivity contribution < 1.29 is 4.74 Å². The Balaban J connectivity index is 2.49. The lowest BCUT2D eigenvalue weighted by atomic mass is 10.0. The second kappa shape index (κ2) is 3.33. The highest BCUT2D eigenvalue weighted by atomic mass is 16.5. The fourth-order valence-corrected chi connectivity index (χ4v) is 0.992. The molecule has 0 heterocycles. The zero-order valence-electron chi connectivity index (χ0n) is 5.76. The summed E-state index contributed by atoms with van der Waals surface area (Å²) < 4.78 is 4.87. The van der Waals surface area contributed by atoms with Crippen LogP contribution >= 0.6 is 0 Å². The quantitative estimate of drug-likeness (QED) is 0.487. The lowest BCUT2D eigenvalue weighted by Gasteiger charge is -2.04. The first-order valence-corrected chi connectivity index (χ1v) is 3.32. The lowest BCUT2D eigenvalue weighted by Crippen LogP contribution is -1.86. The van der Waals surface area contributed by atoms with Crippen molar-refractivity contribution in [2.75, 3.05) is 7.11 Å². The van der Waals surface area contributed by atoms with Gasteiger partial charge in [0.15, 0.2) is 0 Å². The third-order valence-electron chi connectivity index (χ3n) is 1.44. The summed E-state index contributed by atoms with van der Waals surface area (Å²) in [6.45, 7) is 0. The maximum Gasteiger partial charge on any atom is 0.0856 e. The summed E-state index contributed by atoms with van der Waals surface area (Å²) in [6, 6.07) is 0. The first kappa shape index (κ1) is 6.40. The Morgan fingerprint density at radius 2 is 2.56 bits per heavy atom. The maximum atomic E-state index is 4.87. The van der Waals surface area contributed by atoms with Crippen molar-refractivity contribution in [2.45, 2.75) is 19.3 Å². The van der Waals surface area contributed by atoms with Crippen molar-refractivity contribution in [3.8, 4) is 0 Å². The van der Waals surface area contributed by atoms with Gasteiger partial charge in [0.25, 0.3) is 0 Å². The van der Waals surface area contributed by atoms with E-state index in [2.05, 4.69) is 12.2 Å². The molecule has 0 aromatic heterocycles. The molecule has 0 amide bonds. The van der Waals surface area contributed by atoms with Crippen molar-refractivity contribution in [3.63, 3.8) is 0 Å². The van der Waals surface area contributed by atoms with E-state index in [1.54, 1.807) is 7.11 Å². The van der Waals surface area contributed by atoms with Crippen LogP contribution in [0.5, 0.6) is 0 Å². The SMILES string of the molecule is COC=C1C=CCCC1. The molecule has 0 radical (unpaired) electrons. The van der Waals surface area contributed by atoms with Crippen molar-refractivity contribution in [3.05, 3.63) is 24.0 Å². The molecule has 0 aliphatic heterocycles. The van der Waals surface area contributed by atoms with Crippen LogP contribution < -0.4 is 0 Å². The van der Waals surface area contributed by atoms with E-state index < -0.39 is 0 Å². The number of rotatable bonds is 1. The largest absolute Gasteiger partial charge is 0.504 e. The van der Waals surface area contributed by atoms with E-state index in [0.29, 0.717) is 0 Å². The van der Waals surface area contributed by atoms with Crippen molar-refractivity contribution in [1.82, 2.24) is 0 Å². The molecule has 0 saturated heterocycles. The molecule has 0 spiro atoms. The van der Waals surface area contributed by atoms with E-state index in [4.69, 9.17) is 4.74 Å². The number of hydrogen-bond acceptors (Lipinski definition) is 1. The highest BCUT2D eigenvalue weighted by molar-refractivity contribution is 5.19. The predicted octanol–water partition coefficient (Wildman–Crippen LogP) is 2.26. The highest BCUT2D eigenvalue weighted by Crippen LogP contribution is 2.14. The summed E-state index contributed by atoms with van der Waals surface area (Å²) in [5.41, 5.74) is 1.31. The van der Waals surface area contributed by atoms with E-state index >= 15 is 0 Å². The van der Waals surface area contributed by atoms with Crippen molar-refractivity contribution >= 4 is 0 Å². The van der Waals surface area contributed by atoms with Crippen LogP contribution in [0.25, 0.3) is 0 Å². The van der Waals surface area contributed by atoms with Crippen LogP contribution in [0.3, 0.4) is 0 Å². The van der Waals surface area contributed by atoms with E-state index in [1.165, 1.54) is 24.8 Å². The maximum absolute atomic E-state index is 4.87.